The van der Waals surface area contributed by atoms with Gasteiger partial charge < -0.3 is 4.74 Å². The summed E-state index contributed by atoms with van der Waals surface area (Å²) < 4.78 is 6.08. The molecule has 1 aliphatic rings. The maximum Gasteiger partial charge on any atom is 0.125 e. The lowest BCUT2D eigenvalue weighted by Gasteiger charge is -2.30. The number of rotatable bonds is 3. The van der Waals surface area contributed by atoms with Gasteiger partial charge in [-0.15, -0.1) is 0 Å². The quantitative estimate of drug-likeness (QED) is 0.870. The van der Waals surface area contributed by atoms with Crippen molar-refractivity contribution in [2.45, 2.75) is 38.5 Å². The number of nitrogens with one attached hydrogen (secondary N) is 1. The highest BCUT2D eigenvalue weighted by Gasteiger charge is 2.41. The molecule has 21 heavy (non-hydrogen) atoms. The molecule has 2 atom stereocenters. The van der Waals surface area contributed by atoms with Crippen molar-refractivity contribution in [1.29, 1.82) is 0 Å². The van der Waals surface area contributed by atoms with Crippen LogP contribution in [0.5, 0.6) is 5.75 Å². The molecule has 2 aromatic rings. The Morgan fingerprint density at radius 1 is 1.14 bits per heavy atom. The van der Waals surface area contributed by atoms with Crippen LogP contribution in [-0.2, 0) is 0 Å². The molecule has 0 aliphatic carbocycles. The van der Waals surface area contributed by atoms with Gasteiger partial charge in [0.05, 0.1) is 6.04 Å². The fourth-order valence-electron chi connectivity index (χ4n) is 2.94. The van der Waals surface area contributed by atoms with Gasteiger partial charge in [0.25, 0.3) is 0 Å². The highest BCUT2D eigenvalue weighted by atomic mass is 35.5. The minimum absolute atomic E-state index is 0.155. The lowest BCUT2D eigenvalue weighted by atomic mass is 9.93. The summed E-state index contributed by atoms with van der Waals surface area (Å²) in [6, 6.07) is 16.6. The van der Waals surface area contributed by atoms with Gasteiger partial charge in [0.2, 0.25) is 0 Å². The van der Waals surface area contributed by atoms with Gasteiger partial charge in [0.1, 0.15) is 11.4 Å². The van der Waals surface area contributed by atoms with Crippen LogP contribution in [0.1, 0.15) is 44.0 Å². The lowest BCUT2D eigenvalue weighted by Crippen LogP contribution is -2.40. The first-order chi connectivity index (χ1) is 9.97. The van der Waals surface area contributed by atoms with Crippen molar-refractivity contribution in [3.8, 4) is 5.75 Å². The zero-order valence-corrected chi connectivity index (χ0v) is 13.3. The van der Waals surface area contributed by atoms with Gasteiger partial charge in [-0.3, -0.25) is 5.32 Å². The molecule has 0 fully saturated rings. The molecule has 1 unspecified atom stereocenters. The molecule has 0 aromatic heterocycles. The van der Waals surface area contributed by atoms with Crippen LogP contribution >= 0.6 is 11.6 Å². The van der Waals surface area contributed by atoms with E-state index in [9.17, 15) is 0 Å². The molecule has 0 bridgehead atoms. The third kappa shape index (κ3) is 2.78. The number of fused-ring (bicyclic) bond motifs is 1. The molecule has 0 amide bonds. The van der Waals surface area contributed by atoms with Crippen LogP contribution in [0, 0.1) is 0 Å². The van der Waals surface area contributed by atoms with Gasteiger partial charge in [0, 0.05) is 16.6 Å². The van der Waals surface area contributed by atoms with Crippen molar-refractivity contribution in [3.05, 3.63) is 64.7 Å². The van der Waals surface area contributed by atoms with E-state index in [0.717, 1.165) is 10.8 Å². The predicted molar refractivity (Wildman–Crippen MR) is 86.9 cm³/mol. The van der Waals surface area contributed by atoms with Gasteiger partial charge in [0.15, 0.2) is 0 Å². The highest BCUT2D eigenvalue weighted by Crippen LogP contribution is 2.43. The molecule has 0 spiro atoms. The number of hydrogen-bond acceptors (Lipinski definition) is 2. The smallest absolute Gasteiger partial charge is 0.125 e. The van der Waals surface area contributed by atoms with Crippen molar-refractivity contribution in [3.63, 3.8) is 0 Å². The summed E-state index contributed by atoms with van der Waals surface area (Å²) in [4.78, 5) is 0. The van der Waals surface area contributed by atoms with E-state index in [0.29, 0.717) is 0 Å². The average molecular weight is 302 g/mol. The van der Waals surface area contributed by atoms with Gasteiger partial charge >= 0.3 is 0 Å². The van der Waals surface area contributed by atoms with E-state index >= 15 is 0 Å². The third-order valence-electron chi connectivity index (χ3n) is 4.06. The number of ether oxygens (including phenoxy) is 1. The van der Waals surface area contributed by atoms with E-state index in [-0.39, 0.29) is 17.7 Å². The summed E-state index contributed by atoms with van der Waals surface area (Å²) in [6.45, 7) is 6.40. The van der Waals surface area contributed by atoms with Crippen LogP contribution in [-0.4, -0.2) is 5.60 Å². The first-order valence-electron chi connectivity index (χ1n) is 7.27. The van der Waals surface area contributed by atoms with E-state index < -0.39 is 0 Å². The number of para-hydroxylation sites is 1. The van der Waals surface area contributed by atoms with Crippen molar-refractivity contribution in [2.24, 2.45) is 0 Å². The second-order valence-electron chi connectivity index (χ2n) is 6.12. The number of hydrogen-bond donors (Lipinski definition) is 1. The Morgan fingerprint density at radius 2 is 1.90 bits per heavy atom. The van der Waals surface area contributed by atoms with Gasteiger partial charge in [-0.2, -0.15) is 0 Å². The highest BCUT2D eigenvalue weighted by molar-refractivity contribution is 6.30. The fourth-order valence-corrected chi connectivity index (χ4v) is 3.14. The Hall–Kier alpha value is -1.51. The fraction of sp³-hybridized carbons (Fsp3) is 0.333. The zero-order valence-electron chi connectivity index (χ0n) is 12.6. The van der Waals surface area contributed by atoms with Crippen molar-refractivity contribution in [2.75, 3.05) is 0 Å². The Labute approximate surface area is 131 Å². The molecule has 1 N–H and O–H groups in total. The summed E-state index contributed by atoms with van der Waals surface area (Å²) in [6.07, 6.45) is 0. The van der Waals surface area contributed by atoms with Crippen LogP contribution in [0.2, 0.25) is 5.02 Å². The van der Waals surface area contributed by atoms with E-state index in [4.69, 9.17) is 16.3 Å². The van der Waals surface area contributed by atoms with E-state index in [2.05, 4.69) is 44.3 Å². The summed E-state index contributed by atoms with van der Waals surface area (Å²) in [5.74, 6) is 0.971. The van der Waals surface area contributed by atoms with E-state index in [1.165, 1.54) is 11.1 Å². The third-order valence-corrected chi connectivity index (χ3v) is 4.30. The maximum absolute atomic E-state index is 6.09. The molecule has 2 nitrogen and oxygen atoms in total. The van der Waals surface area contributed by atoms with E-state index in [1.807, 2.05) is 30.3 Å². The van der Waals surface area contributed by atoms with Crippen LogP contribution in [0.25, 0.3) is 0 Å². The summed E-state index contributed by atoms with van der Waals surface area (Å²) in [5, 5.41) is 4.45. The topological polar surface area (TPSA) is 21.3 Å². The second-order valence-corrected chi connectivity index (χ2v) is 6.56. The zero-order chi connectivity index (χ0) is 15.0. The molecule has 0 saturated heterocycles. The molecule has 0 radical (unpaired) electrons. The van der Waals surface area contributed by atoms with Crippen molar-refractivity contribution < 1.29 is 4.74 Å². The summed E-state index contributed by atoms with van der Waals surface area (Å²) in [5.41, 5.74) is 2.13. The lowest BCUT2D eigenvalue weighted by molar-refractivity contribution is 0.0919. The first-order valence-corrected chi connectivity index (χ1v) is 7.64. The molecule has 1 heterocycles. The molecule has 3 rings (SSSR count). The van der Waals surface area contributed by atoms with Gasteiger partial charge in [-0.1, -0.05) is 41.9 Å². The molecule has 0 saturated carbocycles. The normalized spacial score (nSPS) is 20.7. The average Bonchev–Trinajstić information content (AvgIpc) is 2.69. The standard InChI is InChI=1S/C18H20ClNO/c1-12(13-7-6-8-14(19)11-13)20-17-15-9-4-5-10-16(15)21-18(17,2)3/h4-12,17,20H,1-3H3/t12-,17?/m1/s1. The molecule has 3 heteroatoms. The Kier molecular flexibility index (Phi) is 3.68. The monoisotopic (exact) mass is 301 g/mol. The summed E-state index contributed by atoms with van der Waals surface area (Å²) >= 11 is 6.09. The first kappa shape index (κ1) is 14.4. The van der Waals surface area contributed by atoms with Crippen molar-refractivity contribution >= 4 is 11.6 Å². The van der Waals surface area contributed by atoms with Crippen LogP contribution in [0.15, 0.2) is 48.5 Å². The Bertz CT molecular complexity index is 653. The van der Waals surface area contributed by atoms with Gasteiger partial charge in [-0.25, -0.2) is 0 Å². The Balaban J connectivity index is 1.87. The van der Waals surface area contributed by atoms with Crippen LogP contribution in [0.4, 0.5) is 0 Å². The van der Waals surface area contributed by atoms with Gasteiger partial charge in [-0.05, 0) is 44.5 Å². The molecular weight excluding hydrogens is 282 g/mol. The SMILES string of the molecule is C[C@@H](NC1c2ccccc2OC1(C)C)c1cccc(Cl)c1. The minimum atomic E-state index is -0.267. The largest absolute Gasteiger partial charge is 0.486 e. The number of halogens is 1. The maximum atomic E-state index is 6.09. The van der Waals surface area contributed by atoms with Crippen molar-refractivity contribution in [1.82, 2.24) is 5.32 Å². The molecule has 1 aliphatic heterocycles. The second kappa shape index (κ2) is 5.36. The molecule has 110 valence electrons. The molecular formula is C18H20ClNO. The number of benzene rings is 2. The Morgan fingerprint density at radius 3 is 2.67 bits per heavy atom. The van der Waals surface area contributed by atoms with Crippen LogP contribution < -0.4 is 10.1 Å². The summed E-state index contributed by atoms with van der Waals surface area (Å²) in [7, 11) is 0. The predicted octanol–water partition coefficient (Wildman–Crippen LogP) is 4.90. The minimum Gasteiger partial charge on any atom is -0.486 e. The van der Waals surface area contributed by atoms with Crippen LogP contribution in [0.3, 0.4) is 0 Å². The molecule has 2 aromatic carbocycles. The van der Waals surface area contributed by atoms with E-state index in [1.54, 1.807) is 0 Å².